The maximum absolute atomic E-state index is 2.38. The van der Waals surface area contributed by atoms with E-state index >= 15 is 0 Å². The Morgan fingerprint density at radius 2 is 0.709 bits per heavy atom. The molecule has 0 amide bonds. The van der Waals surface area contributed by atoms with Crippen molar-refractivity contribution in [1.29, 1.82) is 0 Å². The Balaban J connectivity index is 0.902. The molecule has 1 aliphatic rings. The molecule has 1 unspecified atom stereocenters. The Morgan fingerprint density at radius 1 is 0.382 bits per heavy atom. The number of benzene rings is 7. The lowest BCUT2D eigenvalue weighted by molar-refractivity contribution is 0.696. The highest BCUT2D eigenvalue weighted by atomic mass is 15.2. The zero-order valence-electron chi connectivity index (χ0n) is 31.1. The van der Waals surface area contributed by atoms with Gasteiger partial charge in [-0.25, -0.2) is 0 Å². The highest BCUT2D eigenvalue weighted by Gasteiger charge is 2.18. The predicted molar refractivity (Wildman–Crippen MR) is 237 cm³/mol. The molecular formula is C53H44N2. The van der Waals surface area contributed by atoms with Crippen LogP contribution in [-0.2, 0) is 0 Å². The molecule has 2 heteroatoms. The molecule has 0 saturated heterocycles. The van der Waals surface area contributed by atoms with E-state index in [1.54, 1.807) is 0 Å². The van der Waals surface area contributed by atoms with Crippen molar-refractivity contribution in [3.8, 4) is 11.1 Å². The molecule has 7 aromatic rings. The van der Waals surface area contributed by atoms with E-state index in [0.29, 0.717) is 5.92 Å². The van der Waals surface area contributed by atoms with Crippen molar-refractivity contribution in [2.45, 2.75) is 13.3 Å². The fraction of sp³-hybridized carbons (Fsp3) is 0.0566. The van der Waals surface area contributed by atoms with Gasteiger partial charge in [0.15, 0.2) is 0 Å². The van der Waals surface area contributed by atoms with Gasteiger partial charge in [-0.15, -0.1) is 0 Å². The predicted octanol–water partition coefficient (Wildman–Crippen LogP) is 14.8. The molecule has 0 radical (unpaired) electrons. The zero-order chi connectivity index (χ0) is 37.2. The molecule has 2 nitrogen and oxygen atoms in total. The largest absolute Gasteiger partial charge is 0.314 e. The smallest absolute Gasteiger partial charge is 0.0462 e. The molecule has 0 N–H and O–H groups in total. The van der Waals surface area contributed by atoms with Gasteiger partial charge in [-0.3, -0.25) is 0 Å². The normalized spacial score (nSPS) is 13.9. The van der Waals surface area contributed by atoms with Crippen molar-refractivity contribution in [3.63, 3.8) is 0 Å². The minimum atomic E-state index is 0.523. The van der Waals surface area contributed by atoms with E-state index in [0.717, 1.165) is 29.0 Å². The summed E-state index contributed by atoms with van der Waals surface area (Å²) >= 11 is 0. The van der Waals surface area contributed by atoms with Gasteiger partial charge in [0.2, 0.25) is 0 Å². The van der Waals surface area contributed by atoms with Gasteiger partial charge in [-0.05, 0) is 112 Å². The molecule has 7 aromatic carbocycles. The van der Waals surface area contributed by atoms with Gasteiger partial charge < -0.3 is 9.80 Å². The van der Waals surface area contributed by atoms with Crippen molar-refractivity contribution in [2.24, 2.45) is 5.92 Å². The lowest BCUT2D eigenvalue weighted by Gasteiger charge is -2.30. The minimum Gasteiger partial charge on any atom is -0.314 e. The second-order valence-electron chi connectivity index (χ2n) is 14.0. The lowest BCUT2D eigenvalue weighted by Crippen LogP contribution is -2.19. The van der Waals surface area contributed by atoms with Gasteiger partial charge >= 0.3 is 0 Å². The number of nitrogens with zero attached hydrogens (tertiary/aromatic N) is 2. The maximum atomic E-state index is 2.38. The first-order chi connectivity index (χ1) is 27.2. The average Bonchev–Trinajstić information content (AvgIpc) is 3.25. The van der Waals surface area contributed by atoms with Crippen molar-refractivity contribution in [1.82, 2.24) is 0 Å². The van der Waals surface area contributed by atoms with Crippen LogP contribution in [0.5, 0.6) is 0 Å². The van der Waals surface area contributed by atoms with Crippen LogP contribution >= 0.6 is 0 Å². The second-order valence-corrected chi connectivity index (χ2v) is 14.0. The first-order valence-corrected chi connectivity index (χ1v) is 19.1. The molecular weight excluding hydrogens is 665 g/mol. The number of para-hydroxylation sites is 3. The molecule has 1 atom stereocenters. The number of hydrogen-bond donors (Lipinski definition) is 0. The standard InChI is InChI=1S/C53H44N2/c1-41-12-11-19-53(40-41)55(50-17-9-4-10-18-50)52-38-30-45(31-39-52)23-21-43-26-34-47(35-27-43)46-32-24-42(25-33-46)20-22-44-28-36-51(37-29-44)54(48-13-5-2-6-14-48)49-15-7-3-8-16-49/h2-39,41H,40H2,1H3/b22-20+,23-21+. The number of rotatable bonds is 11. The van der Waals surface area contributed by atoms with E-state index in [-0.39, 0.29) is 0 Å². The van der Waals surface area contributed by atoms with Crippen LogP contribution in [0, 0.1) is 5.92 Å². The third kappa shape index (κ3) is 8.67. The SMILES string of the molecule is CC1C=CC=C(N(c2ccccc2)c2ccc(/C=C/c3ccc(-c4ccc(/C=C/c5ccc(N(c6ccccc6)c6ccccc6)cc5)cc4)cc3)cc2)C1. The summed E-state index contributed by atoms with van der Waals surface area (Å²) in [4.78, 5) is 4.66. The molecule has 0 spiro atoms. The molecule has 8 rings (SSSR count). The lowest BCUT2D eigenvalue weighted by atomic mass is 9.98. The van der Waals surface area contributed by atoms with Crippen LogP contribution in [-0.4, -0.2) is 0 Å². The summed E-state index contributed by atoms with van der Waals surface area (Å²) in [5.41, 5.74) is 14.2. The summed E-state index contributed by atoms with van der Waals surface area (Å²) in [5, 5.41) is 0. The van der Waals surface area contributed by atoms with Gasteiger partial charge in [0.25, 0.3) is 0 Å². The van der Waals surface area contributed by atoms with Crippen LogP contribution in [0.2, 0.25) is 0 Å². The van der Waals surface area contributed by atoms with Gasteiger partial charge in [0.05, 0.1) is 0 Å². The summed E-state index contributed by atoms with van der Waals surface area (Å²) < 4.78 is 0. The molecule has 0 aliphatic heterocycles. The second kappa shape index (κ2) is 16.8. The first-order valence-electron chi connectivity index (χ1n) is 19.1. The fourth-order valence-corrected chi connectivity index (χ4v) is 7.07. The van der Waals surface area contributed by atoms with Crippen LogP contribution in [0.4, 0.5) is 28.4 Å². The van der Waals surface area contributed by atoms with Crippen LogP contribution in [0.15, 0.2) is 212 Å². The van der Waals surface area contributed by atoms with Gasteiger partial charge in [0, 0.05) is 34.1 Å². The Kier molecular flexibility index (Phi) is 10.8. The molecule has 0 saturated carbocycles. The van der Waals surface area contributed by atoms with Crippen molar-refractivity contribution < 1.29 is 0 Å². The van der Waals surface area contributed by atoms with E-state index < -0.39 is 0 Å². The first kappa shape index (κ1) is 35.1. The monoisotopic (exact) mass is 708 g/mol. The Hall–Kier alpha value is -6.90. The van der Waals surface area contributed by atoms with E-state index in [9.17, 15) is 0 Å². The molecule has 0 heterocycles. The van der Waals surface area contributed by atoms with Crippen LogP contribution in [0.3, 0.4) is 0 Å². The highest BCUT2D eigenvalue weighted by molar-refractivity contribution is 5.79. The summed E-state index contributed by atoms with van der Waals surface area (Å²) in [5.74, 6) is 0.523. The number of allylic oxidation sites excluding steroid dienone is 4. The highest BCUT2D eigenvalue weighted by Crippen LogP contribution is 2.36. The molecule has 0 fully saturated rings. The molecule has 1 aliphatic carbocycles. The molecule has 55 heavy (non-hydrogen) atoms. The van der Waals surface area contributed by atoms with E-state index in [4.69, 9.17) is 0 Å². The average molecular weight is 709 g/mol. The Labute approximate surface area is 326 Å². The van der Waals surface area contributed by atoms with Gasteiger partial charge in [-0.2, -0.15) is 0 Å². The summed E-state index contributed by atoms with van der Waals surface area (Å²) in [7, 11) is 0. The maximum Gasteiger partial charge on any atom is 0.0462 e. The quantitative estimate of drug-likeness (QED) is 0.123. The fourth-order valence-electron chi connectivity index (χ4n) is 7.07. The molecule has 0 aromatic heterocycles. The van der Waals surface area contributed by atoms with Crippen molar-refractivity contribution in [3.05, 3.63) is 234 Å². The third-order valence-corrected chi connectivity index (χ3v) is 9.98. The van der Waals surface area contributed by atoms with E-state index in [1.807, 2.05) is 0 Å². The summed E-state index contributed by atoms with van der Waals surface area (Å²) in [6.07, 6.45) is 16.4. The topological polar surface area (TPSA) is 6.48 Å². The van der Waals surface area contributed by atoms with Crippen LogP contribution in [0.1, 0.15) is 35.6 Å². The van der Waals surface area contributed by atoms with E-state index in [1.165, 1.54) is 44.9 Å². The van der Waals surface area contributed by atoms with Crippen LogP contribution < -0.4 is 9.80 Å². The molecule has 0 bridgehead atoms. The number of anilines is 5. The summed E-state index contributed by atoms with van der Waals surface area (Å²) in [6, 6.07) is 66.8. The molecule has 266 valence electrons. The summed E-state index contributed by atoms with van der Waals surface area (Å²) in [6.45, 7) is 2.27. The third-order valence-electron chi connectivity index (χ3n) is 9.98. The minimum absolute atomic E-state index is 0.523. The Bertz CT molecular complexity index is 2370. The Morgan fingerprint density at radius 3 is 1.09 bits per heavy atom. The van der Waals surface area contributed by atoms with Gasteiger partial charge in [-0.1, -0.05) is 171 Å². The van der Waals surface area contributed by atoms with E-state index in [2.05, 4.69) is 247 Å². The van der Waals surface area contributed by atoms with Gasteiger partial charge in [0.1, 0.15) is 0 Å². The zero-order valence-corrected chi connectivity index (χ0v) is 31.1. The van der Waals surface area contributed by atoms with Crippen molar-refractivity contribution >= 4 is 52.7 Å². The van der Waals surface area contributed by atoms with Crippen LogP contribution in [0.25, 0.3) is 35.4 Å². The van der Waals surface area contributed by atoms with Crippen molar-refractivity contribution in [2.75, 3.05) is 9.80 Å². The number of hydrogen-bond acceptors (Lipinski definition) is 2.